The second kappa shape index (κ2) is 4.94. The van der Waals surface area contributed by atoms with Crippen LogP contribution in [-0.4, -0.2) is 29.5 Å². The standard InChI is InChI=1S/C8H5F3INO4/c1-16-5-3(12)2-13-4(7(14)15)6(5)17-8(9,10)11/h2H,1H3,(H,14,15). The van der Waals surface area contributed by atoms with Gasteiger partial charge in [0, 0.05) is 6.20 Å². The number of aromatic carboxylic acids is 1. The number of methoxy groups -OCH3 is 1. The molecule has 0 spiro atoms. The average molecular weight is 363 g/mol. The highest BCUT2D eigenvalue weighted by atomic mass is 127. The van der Waals surface area contributed by atoms with Gasteiger partial charge in [-0.3, -0.25) is 0 Å². The molecule has 0 aliphatic carbocycles. The molecule has 9 heteroatoms. The van der Waals surface area contributed by atoms with Crippen molar-refractivity contribution >= 4 is 28.6 Å². The van der Waals surface area contributed by atoms with E-state index in [1.807, 2.05) is 0 Å². The highest BCUT2D eigenvalue weighted by Gasteiger charge is 2.36. The molecule has 0 aliphatic rings. The van der Waals surface area contributed by atoms with Crippen LogP contribution in [0.4, 0.5) is 13.2 Å². The Morgan fingerprint density at radius 3 is 2.47 bits per heavy atom. The Kier molecular flexibility index (Phi) is 4.01. The van der Waals surface area contributed by atoms with Crippen molar-refractivity contribution in [1.82, 2.24) is 4.98 Å². The van der Waals surface area contributed by atoms with Gasteiger partial charge in [0.1, 0.15) is 0 Å². The molecule has 5 nitrogen and oxygen atoms in total. The van der Waals surface area contributed by atoms with E-state index in [0.717, 1.165) is 13.3 Å². The van der Waals surface area contributed by atoms with E-state index in [1.54, 1.807) is 22.6 Å². The van der Waals surface area contributed by atoms with Crippen molar-refractivity contribution in [3.8, 4) is 11.5 Å². The molecule has 0 atom stereocenters. The van der Waals surface area contributed by atoms with Gasteiger partial charge in [-0.05, 0) is 22.6 Å². The van der Waals surface area contributed by atoms with Gasteiger partial charge in [0.2, 0.25) is 5.75 Å². The number of carboxylic acids is 1. The van der Waals surface area contributed by atoms with Crippen LogP contribution in [0.3, 0.4) is 0 Å². The summed E-state index contributed by atoms with van der Waals surface area (Å²) in [6.45, 7) is 0. The molecule has 1 heterocycles. The topological polar surface area (TPSA) is 68.7 Å². The maximum absolute atomic E-state index is 12.1. The van der Waals surface area contributed by atoms with E-state index >= 15 is 0 Å². The van der Waals surface area contributed by atoms with Crippen LogP contribution in [0, 0.1) is 3.57 Å². The number of carboxylic acid groups (broad SMARTS) is 1. The maximum Gasteiger partial charge on any atom is 0.573 e. The predicted molar refractivity (Wildman–Crippen MR) is 57.1 cm³/mol. The van der Waals surface area contributed by atoms with Crippen molar-refractivity contribution in [3.63, 3.8) is 0 Å². The Bertz CT molecular complexity index is 449. The Morgan fingerprint density at radius 1 is 1.47 bits per heavy atom. The SMILES string of the molecule is COc1c(I)cnc(C(=O)O)c1OC(F)(F)F. The van der Waals surface area contributed by atoms with Crippen LogP contribution in [0.2, 0.25) is 0 Å². The van der Waals surface area contributed by atoms with E-state index in [0.29, 0.717) is 0 Å². The quantitative estimate of drug-likeness (QED) is 0.835. The fraction of sp³-hybridized carbons (Fsp3) is 0.250. The van der Waals surface area contributed by atoms with Gasteiger partial charge in [-0.15, -0.1) is 13.2 Å². The minimum atomic E-state index is -5.02. The van der Waals surface area contributed by atoms with Gasteiger partial charge < -0.3 is 14.6 Å². The number of halogens is 4. The highest BCUT2D eigenvalue weighted by molar-refractivity contribution is 14.1. The van der Waals surface area contributed by atoms with Crippen LogP contribution in [0.5, 0.6) is 11.5 Å². The molecule has 0 aromatic carbocycles. The van der Waals surface area contributed by atoms with E-state index in [2.05, 4.69) is 14.5 Å². The number of nitrogens with zero attached hydrogens (tertiary/aromatic N) is 1. The van der Waals surface area contributed by atoms with Gasteiger partial charge in [0.05, 0.1) is 10.7 Å². The van der Waals surface area contributed by atoms with Crippen LogP contribution in [0.25, 0.3) is 0 Å². The van der Waals surface area contributed by atoms with Crippen molar-refractivity contribution in [2.45, 2.75) is 6.36 Å². The van der Waals surface area contributed by atoms with Crippen molar-refractivity contribution in [3.05, 3.63) is 15.5 Å². The lowest BCUT2D eigenvalue weighted by molar-refractivity contribution is -0.275. The molecule has 1 N–H and O–H groups in total. The van der Waals surface area contributed by atoms with Crippen LogP contribution in [0.15, 0.2) is 6.20 Å². The van der Waals surface area contributed by atoms with E-state index in [-0.39, 0.29) is 9.32 Å². The third kappa shape index (κ3) is 3.35. The Morgan fingerprint density at radius 2 is 2.06 bits per heavy atom. The second-order valence-corrected chi connectivity index (χ2v) is 3.83. The van der Waals surface area contributed by atoms with E-state index in [9.17, 15) is 18.0 Å². The minimum absolute atomic E-state index is 0.203. The molecule has 1 rings (SSSR count). The first-order chi connectivity index (χ1) is 7.76. The molecule has 0 saturated carbocycles. The molecule has 1 aromatic heterocycles. The monoisotopic (exact) mass is 363 g/mol. The summed E-state index contributed by atoms with van der Waals surface area (Å²) >= 11 is 1.65. The van der Waals surface area contributed by atoms with Crippen LogP contribution < -0.4 is 9.47 Å². The summed E-state index contributed by atoms with van der Waals surface area (Å²) < 4.78 is 44.9. The second-order valence-electron chi connectivity index (χ2n) is 2.67. The summed E-state index contributed by atoms with van der Waals surface area (Å²) in [5.41, 5.74) is -0.861. The predicted octanol–water partition coefficient (Wildman–Crippen LogP) is 2.29. The summed E-state index contributed by atoms with van der Waals surface area (Å²) in [6, 6.07) is 0. The van der Waals surface area contributed by atoms with Crippen LogP contribution in [-0.2, 0) is 0 Å². The number of aromatic nitrogens is 1. The van der Waals surface area contributed by atoms with Gasteiger partial charge in [0.25, 0.3) is 0 Å². The maximum atomic E-state index is 12.1. The molecular weight excluding hydrogens is 358 g/mol. The summed E-state index contributed by atoms with van der Waals surface area (Å²) in [7, 11) is 1.10. The largest absolute Gasteiger partial charge is 0.573 e. The molecule has 0 unspecified atom stereocenters. The van der Waals surface area contributed by atoms with E-state index < -0.39 is 23.8 Å². The van der Waals surface area contributed by atoms with Crippen LogP contribution in [0.1, 0.15) is 10.5 Å². The van der Waals surface area contributed by atoms with Crippen LogP contribution >= 0.6 is 22.6 Å². The number of ether oxygens (including phenoxy) is 2. The highest BCUT2D eigenvalue weighted by Crippen LogP contribution is 2.37. The summed E-state index contributed by atoms with van der Waals surface area (Å²) in [5.74, 6) is -2.92. The lowest BCUT2D eigenvalue weighted by Crippen LogP contribution is -2.20. The smallest absolute Gasteiger partial charge is 0.492 e. The number of pyridine rings is 1. The van der Waals surface area contributed by atoms with Gasteiger partial charge in [-0.1, -0.05) is 0 Å². The third-order valence-electron chi connectivity index (χ3n) is 1.57. The van der Waals surface area contributed by atoms with E-state index in [4.69, 9.17) is 5.11 Å². The van der Waals surface area contributed by atoms with E-state index in [1.165, 1.54) is 0 Å². The Labute approximate surface area is 107 Å². The number of rotatable bonds is 3. The molecule has 94 valence electrons. The molecule has 0 aliphatic heterocycles. The summed E-state index contributed by atoms with van der Waals surface area (Å²) in [6.07, 6.45) is -3.95. The van der Waals surface area contributed by atoms with Crippen molar-refractivity contribution < 1.29 is 32.5 Å². The van der Waals surface area contributed by atoms with Gasteiger partial charge >= 0.3 is 12.3 Å². The molecule has 0 radical (unpaired) electrons. The number of carbonyl (C=O) groups is 1. The molecular formula is C8H5F3INO4. The molecule has 0 amide bonds. The number of alkyl halides is 3. The molecule has 0 fully saturated rings. The normalized spacial score (nSPS) is 11.1. The number of hydrogen-bond acceptors (Lipinski definition) is 4. The van der Waals surface area contributed by atoms with Gasteiger partial charge in [-0.25, -0.2) is 9.78 Å². The zero-order chi connectivity index (χ0) is 13.2. The summed E-state index contributed by atoms with van der Waals surface area (Å²) in [5, 5.41) is 8.71. The van der Waals surface area contributed by atoms with Crippen molar-refractivity contribution in [1.29, 1.82) is 0 Å². The molecule has 0 saturated heterocycles. The average Bonchev–Trinajstić information content (AvgIpc) is 2.15. The fourth-order valence-electron chi connectivity index (χ4n) is 1.01. The first kappa shape index (κ1) is 13.8. The molecule has 17 heavy (non-hydrogen) atoms. The zero-order valence-electron chi connectivity index (χ0n) is 8.21. The molecule has 1 aromatic rings. The lowest BCUT2D eigenvalue weighted by atomic mass is 10.3. The lowest BCUT2D eigenvalue weighted by Gasteiger charge is -2.14. The fourth-order valence-corrected chi connectivity index (χ4v) is 1.61. The Hall–Kier alpha value is -1.26. The first-order valence-corrected chi connectivity index (χ1v) is 5.05. The zero-order valence-corrected chi connectivity index (χ0v) is 10.4. The molecule has 0 bridgehead atoms. The van der Waals surface area contributed by atoms with Gasteiger partial charge in [0.15, 0.2) is 11.4 Å². The van der Waals surface area contributed by atoms with Gasteiger partial charge in [-0.2, -0.15) is 0 Å². The van der Waals surface area contributed by atoms with Crippen molar-refractivity contribution in [2.24, 2.45) is 0 Å². The third-order valence-corrected chi connectivity index (χ3v) is 2.34. The Balaban J connectivity index is 3.39. The first-order valence-electron chi connectivity index (χ1n) is 3.97. The number of hydrogen-bond donors (Lipinski definition) is 1. The van der Waals surface area contributed by atoms with Crippen molar-refractivity contribution in [2.75, 3.05) is 7.11 Å². The minimum Gasteiger partial charge on any atom is -0.492 e. The summed E-state index contributed by atoms with van der Waals surface area (Å²) in [4.78, 5) is 14.1.